The summed E-state index contributed by atoms with van der Waals surface area (Å²) >= 11 is 0. The Labute approximate surface area is 116 Å². The minimum atomic E-state index is -0.884. The lowest BCUT2D eigenvalue weighted by Crippen LogP contribution is -2.44. The topological polar surface area (TPSA) is 99.3 Å². The van der Waals surface area contributed by atoms with Gasteiger partial charge in [0.1, 0.15) is 17.7 Å². The van der Waals surface area contributed by atoms with Gasteiger partial charge in [0.15, 0.2) is 0 Å². The summed E-state index contributed by atoms with van der Waals surface area (Å²) < 4.78 is 5.29. The number of nitriles is 1. The Morgan fingerprint density at radius 1 is 1.65 bits per heavy atom. The smallest absolute Gasteiger partial charge is 0.311 e. The van der Waals surface area contributed by atoms with Gasteiger partial charge in [-0.3, -0.25) is 4.79 Å². The molecule has 1 aromatic heterocycles. The van der Waals surface area contributed by atoms with Crippen LogP contribution in [0.1, 0.15) is 19.0 Å². The van der Waals surface area contributed by atoms with Crippen LogP contribution >= 0.6 is 0 Å². The molecule has 1 fully saturated rings. The standard InChI is InChI=1S/C13H16N4O3/c1-2-5-17(11-8-20-7-10(11)12(18)19)13-15-4-3-9(6-14)16-13/h3-4,10-11H,2,5,7-8H2,1H3,(H,18,19). The van der Waals surface area contributed by atoms with E-state index < -0.39 is 11.9 Å². The summed E-state index contributed by atoms with van der Waals surface area (Å²) in [6.45, 7) is 3.13. The normalized spacial score (nSPS) is 21.4. The highest BCUT2D eigenvalue weighted by atomic mass is 16.5. The van der Waals surface area contributed by atoms with Crippen molar-refractivity contribution in [2.24, 2.45) is 5.92 Å². The molecule has 0 aliphatic carbocycles. The lowest BCUT2D eigenvalue weighted by Gasteiger charge is -2.30. The van der Waals surface area contributed by atoms with E-state index in [1.54, 1.807) is 0 Å². The maximum atomic E-state index is 11.3. The van der Waals surface area contributed by atoms with Gasteiger partial charge in [-0.25, -0.2) is 9.97 Å². The average molecular weight is 276 g/mol. The molecule has 20 heavy (non-hydrogen) atoms. The SMILES string of the molecule is CCCN(c1nccc(C#N)n1)C1COCC1C(=O)O. The molecule has 0 amide bonds. The Morgan fingerprint density at radius 3 is 3.10 bits per heavy atom. The number of ether oxygens (including phenoxy) is 1. The van der Waals surface area contributed by atoms with Gasteiger partial charge in [-0.15, -0.1) is 0 Å². The molecule has 1 aliphatic rings. The molecule has 0 bridgehead atoms. The van der Waals surface area contributed by atoms with Gasteiger partial charge in [0.25, 0.3) is 0 Å². The molecule has 2 rings (SSSR count). The minimum absolute atomic E-state index is 0.193. The number of carboxylic acids is 1. The fraction of sp³-hybridized carbons (Fsp3) is 0.538. The molecule has 106 valence electrons. The zero-order chi connectivity index (χ0) is 14.5. The molecule has 7 heteroatoms. The van der Waals surface area contributed by atoms with Gasteiger partial charge in [0, 0.05) is 12.7 Å². The largest absolute Gasteiger partial charge is 0.481 e. The third-order valence-corrected chi connectivity index (χ3v) is 3.25. The van der Waals surface area contributed by atoms with Gasteiger partial charge in [-0.05, 0) is 12.5 Å². The number of hydrogen-bond donors (Lipinski definition) is 1. The van der Waals surface area contributed by atoms with Crippen LogP contribution in [0.5, 0.6) is 0 Å². The van der Waals surface area contributed by atoms with Gasteiger partial charge in [0.2, 0.25) is 5.95 Å². The summed E-state index contributed by atoms with van der Waals surface area (Å²) in [5, 5.41) is 18.2. The summed E-state index contributed by atoms with van der Waals surface area (Å²) in [6.07, 6.45) is 2.33. The van der Waals surface area contributed by atoms with E-state index >= 15 is 0 Å². The average Bonchev–Trinajstić information content (AvgIpc) is 2.94. The molecule has 1 aromatic rings. The van der Waals surface area contributed by atoms with Crippen LogP contribution in [-0.2, 0) is 9.53 Å². The van der Waals surface area contributed by atoms with Crippen LogP contribution < -0.4 is 4.90 Å². The molecule has 2 atom stereocenters. The first kappa shape index (κ1) is 14.2. The second kappa shape index (κ2) is 6.30. The molecule has 1 saturated heterocycles. The van der Waals surface area contributed by atoms with E-state index in [9.17, 15) is 9.90 Å². The molecule has 0 aromatic carbocycles. The van der Waals surface area contributed by atoms with Crippen LogP contribution in [0.2, 0.25) is 0 Å². The predicted octanol–water partition coefficient (Wildman–Crippen LogP) is 0.664. The summed E-state index contributed by atoms with van der Waals surface area (Å²) in [6, 6.07) is 3.18. The van der Waals surface area contributed by atoms with Crippen LogP contribution in [0.15, 0.2) is 12.3 Å². The Bertz CT molecular complexity index is 529. The molecular weight excluding hydrogens is 260 g/mol. The molecule has 7 nitrogen and oxygen atoms in total. The maximum Gasteiger partial charge on any atom is 0.311 e. The highest BCUT2D eigenvalue weighted by molar-refractivity contribution is 5.72. The molecular formula is C13H16N4O3. The number of carboxylic acid groups (broad SMARTS) is 1. The Balaban J connectivity index is 2.30. The van der Waals surface area contributed by atoms with Gasteiger partial charge < -0.3 is 14.7 Å². The number of rotatable bonds is 5. The quantitative estimate of drug-likeness (QED) is 0.843. The summed E-state index contributed by atoms with van der Waals surface area (Å²) in [7, 11) is 0. The third-order valence-electron chi connectivity index (χ3n) is 3.25. The van der Waals surface area contributed by atoms with E-state index in [4.69, 9.17) is 10.00 Å². The van der Waals surface area contributed by atoms with E-state index in [1.807, 2.05) is 17.9 Å². The second-order valence-corrected chi connectivity index (χ2v) is 4.60. The molecule has 0 radical (unpaired) electrons. The number of aliphatic carboxylic acids is 1. The molecule has 2 heterocycles. The number of aromatic nitrogens is 2. The second-order valence-electron chi connectivity index (χ2n) is 4.60. The van der Waals surface area contributed by atoms with E-state index in [0.717, 1.165) is 6.42 Å². The zero-order valence-corrected chi connectivity index (χ0v) is 11.2. The fourth-order valence-electron chi connectivity index (χ4n) is 2.29. The van der Waals surface area contributed by atoms with Crippen LogP contribution in [0.3, 0.4) is 0 Å². The monoisotopic (exact) mass is 276 g/mol. The van der Waals surface area contributed by atoms with Crippen molar-refractivity contribution in [2.45, 2.75) is 19.4 Å². The Kier molecular flexibility index (Phi) is 4.48. The highest BCUT2D eigenvalue weighted by Gasteiger charge is 2.38. The van der Waals surface area contributed by atoms with E-state index in [2.05, 4.69) is 9.97 Å². The van der Waals surface area contributed by atoms with Crippen molar-refractivity contribution in [3.63, 3.8) is 0 Å². The number of anilines is 1. The van der Waals surface area contributed by atoms with Crippen molar-refractivity contribution < 1.29 is 14.6 Å². The Hall–Kier alpha value is -2.20. The lowest BCUT2D eigenvalue weighted by atomic mass is 10.0. The van der Waals surface area contributed by atoms with Crippen LogP contribution in [0, 0.1) is 17.2 Å². The van der Waals surface area contributed by atoms with Gasteiger partial charge in [-0.2, -0.15) is 5.26 Å². The summed E-state index contributed by atoms with van der Waals surface area (Å²) in [4.78, 5) is 21.4. The lowest BCUT2D eigenvalue weighted by molar-refractivity contribution is -0.142. The highest BCUT2D eigenvalue weighted by Crippen LogP contribution is 2.23. The van der Waals surface area contributed by atoms with Crippen LogP contribution in [0.4, 0.5) is 5.95 Å². The van der Waals surface area contributed by atoms with Crippen molar-refractivity contribution in [3.05, 3.63) is 18.0 Å². The number of nitrogens with zero attached hydrogens (tertiary/aromatic N) is 4. The van der Waals surface area contributed by atoms with Crippen molar-refractivity contribution in [1.82, 2.24) is 9.97 Å². The first-order chi connectivity index (χ1) is 9.67. The number of carbonyl (C=O) groups is 1. The van der Waals surface area contributed by atoms with Crippen LogP contribution in [0.25, 0.3) is 0 Å². The molecule has 1 N–H and O–H groups in total. The minimum Gasteiger partial charge on any atom is -0.481 e. The molecule has 0 spiro atoms. The van der Waals surface area contributed by atoms with Crippen molar-refractivity contribution >= 4 is 11.9 Å². The summed E-state index contributed by atoms with van der Waals surface area (Å²) in [5.41, 5.74) is 0.266. The van der Waals surface area contributed by atoms with Gasteiger partial charge in [-0.1, -0.05) is 6.92 Å². The van der Waals surface area contributed by atoms with Crippen molar-refractivity contribution in [1.29, 1.82) is 5.26 Å². The van der Waals surface area contributed by atoms with Crippen LogP contribution in [-0.4, -0.2) is 46.8 Å². The molecule has 2 unspecified atom stereocenters. The maximum absolute atomic E-state index is 11.3. The van der Waals surface area contributed by atoms with Crippen molar-refractivity contribution in [3.8, 4) is 6.07 Å². The van der Waals surface area contributed by atoms with E-state index in [1.165, 1.54) is 12.3 Å². The molecule has 0 saturated carbocycles. The zero-order valence-electron chi connectivity index (χ0n) is 11.2. The Morgan fingerprint density at radius 2 is 2.45 bits per heavy atom. The number of hydrogen-bond acceptors (Lipinski definition) is 6. The first-order valence-electron chi connectivity index (χ1n) is 6.47. The first-order valence-corrected chi connectivity index (χ1v) is 6.47. The van der Waals surface area contributed by atoms with Gasteiger partial charge in [0.05, 0.1) is 19.3 Å². The predicted molar refractivity (Wildman–Crippen MR) is 70.1 cm³/mol. The fourth-order valence-corrected chi connectivity index (χ4v) is 2.29. The van der Waals surface area contributed by atoms with Crippen molar-refractivity contribution in [2.75, 3.05) is 24.7 Å². The summed E-state index contributed by atoms with van der Waals surface area (Å²) in [5.74, 6) is -1.10. The van der Waals surface area contributed by atoms with E-state index in [0.29, 0.717) is 19.1 Å². The van der Waals surface area contributed by atoms with Gasteiger partial charge >= 0.3 is 5.97 Å². The van der Waals surface area contributed by atoms with E-state index in [-0.39, 0.29) is 18.3 Å². The third kappa shape index (κ3) is 2.86. The molecule has 1 aliphatic heterocycles.